The highest BCUT2D eigenvalue weighted by Crippen LogP contribution is 2.23. The quantitative estimate of drug-likeness (QED) is 0.706. The van der Waals surface area contributed by atoms with Gasteiger partial charge in [-0.1, -0.05) is 23.8 Å². The molecule has 2 aromatic rings. The largest absolute Gasteiger partial charge is 0.436 e. The molecule has 0 bridgehead atoms. The third-order valence-corrected chi connectivity index (χ3v) is 2.55. The predicted molar refractivity (Wildman–Crippen MR) is 71.8 cm³/mol. The molecule has 0 unspecified atom stereocenters. The molecule has 0 aliphatic rings. The topological polar surface area (TPSA) is 26.0 Å². The summed E-state index contributed by atoms with van der Waals surface area (Å²) in [7, 11) is 0. The highest BCUT2D eigenvalue weighted by molar-refractivity contribution is 5.78. The van der Waals surface area contributed by atoms with E-state index in [1.54, 1.807) is 0 Å². The van der Waals surface area contributed by atoms with E-state index in [-0.39, 0.29) is 0 Å². The van der Waals surface area contributed by atoms with Crippen molar-refractivity contribution in [1.29, 1.82) is 0 Å². The summed E-state index contributed by atoms with van der Waals surface area (Å²) in [5, 5.41) is 0. The Morgan fingerprint density at radius 1 is 1.29 bits per heavy atom. The van der Waals surface area contributed by atoms with Crippen LogP contribution in [0.1, 0.15) is 32.2 Å². The van der Waals surface area contributed by atoms with Crippen molar-refractivity contribution in [2.45, 2.75) is 27.7 Å². The first-order chi connectivity index (χ1) is 8.10. The van der Waals surface area contributed by atoms with Crippen LogP contribution in [-0.4, -0.2) is 4.98 Å². The van der Waals surface area contributed by atoms with E-state index in [0.717, 1.165) is 16.7 Å². The first-order valence-corrected chi connectivity index (χ1v) is 5.79. The van der Waals surface area contributed by atoms with Gasteiger partial charge in [0.15, 0.2) is 5.58 Å². The molecule has 0 saturated carbocycles. The average Bonchev–Trinajstić information content (AvgIpc) is 2.68. The van der Waals surface area contributed by atoms with Crippen LogP contribution in [0.5, 0.6) is 0 Å². The number of nitrogens with zero attached hydrogens (tertiary/aromatic N) is 1. The maximum atomic E-state index is 5.75. The summed E-state index contributed by atoms with van der Waals surface area (Å²) < 4.78 is 5.75. The number of benzene rings is 1. The minimum atomic E-state index is 0.689. The highest BCUT2D eigenvalue weighted by atomic mass is 16.3. The SMILES string of the molecule is C/C=C(\C=C(C)C)c1nc2cc(C)ccc2o1. The zero-order valence-electron chi connectivity index (χ0n) is 10.7. The van der Waals surface area contributed by atoms with Gasteiger partial charge in [-0.15, -0.1) is 0 Å². The van der Waals surface area contributed by atoms with Crippen LogP contribution in [0.4, 0.5) is 0 Å². The van der Waals surface area contributed by atoms with Crippen LogP contribution in [0.2, 0.25) is 0 Å². The summed E-state index contributed by atoms with van der Waals surface area (Å²) in [6, 6.07) is 6.04. The van der Waals surface area contributed by atoms with Crippen molar-refractivity contribution < 1.29 is 4.42 Å². The van der Waals surface area contributed by atoms with Crippen molar-refractivity contribution in [3.8, 4) is 0 Å². The number of fused-ring (bicyclic) bond motifs is 1. The van der Waals surface area contributed by atoms with Gasteiger partial charge in [0.2, 0.25) is 5.89 Å². The van der Waals surface area contributed by atoms with Gasteiger partial charge in [-0.05, 0) is 45.4 Å². The lowest BCUT2D eigenvalue weighted by atomic mass is 10.2. The molecule has 1 heterocycles. The summed E-state index contributed by atoms with van der Waals surface area (Å²) in [5.74, 6) is 0.689. The van der Waals surface area contributed by atoms with E-state index in [1.165, 1.54) is 11.1 Å². The number of aromatic nitrogens is 1. The Morgan fingerprint density at radius 2 is 2.06 bits per heavy atom. The summed E-state index contributed by atoms with van der Waals surface area (Å²) in [6.45, 7) is 8.18. The van der Waals surface area contributed by atoms with Crippen molar-refractivity contribution in [2.24, 2.45) is 0 Å². The molecule has 2 rings (SSSR count). The number of oxazole rings is 1. The molecular formula is C15H17NO. The third kappa shape index (κ3) is 2.47. The van der Waals surface area contributed by atoms with Crippen LogP contribution in [-0.2, 0) is 0 Å². The molecule has 0 aliphatic heterocycles. The number of rotatable bonds is 2. The van der Waals surface area contributed by atoms with Crippen LogP contribution in [0, 0.1) is 6.92 Å². The zero-order chi connectivity index (χ0) is 12.4. The second-order valence-electron chi connectivity index (χ2n) is 4.46. The third-order valence-electron chi connectivity index (χ3n) is 2.55. The van der Waals surface area contributed by atoms with Crippen molar-refractivity contribution in [3.63, 3.8) is 0 Å². The van der Waals surface area contributed by atoms with E-state index in [2.05, 4.69) is 31.8 Å². The lowest BCUT2D eigenvalue weighted by molar-refractivity contribution is 0.585. The second-order valence-corrected chi connectivity index (χ2v) is 4.46. The standard InChI is InChI=1S/C15H17NO/c1-5-12(8-10(2)3)15-16-13-9-11(4)6-7-14(13)17-15/h5-9H,1-4H3/b12-5+. The molecule has 2 nitrogen and oxygen atoms in total. The number of hydrogen-bond donors (Lipinski definition) is 0. The second kappa shape index (κ2) is 4.58. The summed E-state index contributed by atoms with van der Waals surface area (Å²) in [4.78, 5) is 4.52. The van der Waals surface area contributed by atoms with E-state index >= 15 is 0 Å². The highest BCUT2D eigenvalue weighted by Gasteiger charge is 2.08. The van der Waals surface area contributed by atoms with Crippen molar-refractivity contribution in [1.82, 2.24) is 4.98 Å². The molecule has 2 heteroatoms. The summed E-state index contributed by atoms with van der Waals surface area (Å²) >= 11 is 0. The fourth-order valence-electron chi connectivity index (χ4n) is 1.74. The van der Waals surface area contributed by atoms with E-state index in [9.17, 15) is 0 Å². The first-order valence-electron chi connectivity index (χ1n) is 5.79. The smallest absolute Gasteiger partial charge is 0.226 e. The monoisotopic (exact) mass is 227 g/mol. The molecule has 0 amide bonds. The molecule has 0 atom stereocenters. The Balaban J connectivity index is 2.52. The number of aryl methyl sites for hydroxylation is 1. The average molecular weight is 227 g/mol. The Hall–Kier alpha value is -1.83. The Labute approximate surface area is 102 Å². The van der Waals surface area contributed by atoms with Gasteiger partial charge in [0.25, 0.3) is 0 Å². The molecule has 0 saturated heterocycles. The maximum Gasteiger partial charge on any atom is 0.226 e. The molecule has 0 spiro atoms. The lowest BCUT2D eigenvalue weighted by Crippen LogP contribution is -1.81. The van der Waals surface area contributed by atoms with Gasteiger partial charge in [0, 0.05) is 5.57 Å². The van der Waals surface area contributed by atoms with Gasteiger partial charge < -0.3 is 4.42 Å². The van der Waals surface area contributed by atoms with Crippen molar-refractivity contribution in [3.05, 3.63) is 47.4 Å². The van der Waals surface area contributed by atoms with Crippen molar-refractivity contribution >= 4 is 16.7 Å². The Kier molecular flexibility index (Phi) is 3.14. The van der Waals surface area contributed by atoms with E-state index in [0.29, 0.717) is 5.89 Å². The summed E-state index contributed by atoms with van der Waals surface area (Å²) in [6.07, 6.45) is 4.10. The fraction of sp³-hybridized carbons (Fsp3) is 0.267. The molecule has 0 aliphatic carbocycles. The lowest BCUT2D eigenvalue weighted by Gasteiger charge is -1.95. The predicted octanol–water partition coefficient (Wildman–Crippen LogP) is 4.51. The molecule has 0 radical (unpaired) electrons. The molecule has 0 fully saturated rings. The molecule has 17 heavy (non-hydrogen) atoms. The molecule has 1 aromatic carbocycles. The van der Waals surface area contributed by atoms with Crippen LogP contribution in [0.3, 0.4) is 0 Å². The maximum absolute atomic E-state index is 5.75. The van der Waals surface area contributed by atoms with Gasteiger partial charge in [-0.2, -0.15) is 0 Å². The van der Waals surface area contributed by atoms with Gasteiger partial charge in [0.1, 0.15) is 5.52 Å². The minimum Gasteiger partial charge on any atom is -0.436 e. The molecule has 1 aromatic heterocycles. The Morgan fingerprint density at radius 3 is 2.71 bits per heavy atom. The van der Waals surface area contributed by atoms with Crippen molar-refractivity contribution in [2.75, 3.05) is 0 Å². The number of allylic oxidation sites excluding steroid dienone is 4. The van der Waals surface area contributed by atoms with Gasteiger partial charge in [-0.25, -0.2) is 4.98 Å². The van der Waals surface area contributed by atoms with Gasteiger partial charge in [-0.3, -0.25) is 0 Å². The zero-order valence-corrected chi connectivity index (χ0v) is 10.7. The van der Waals surface area contributed by atoms with Crippen LogP contribution >= 0.6 is 0 Å². The van der Waals surface area contributed by atoms with Gasteiger partial charge >= 0.3 is 0 Å². The molecule has 88 valence electrons. The fourth-order valence-corrected chi connectivity index (χ4v) is 1.74. The first kappa shape index (κ1) is 11.6. The summed E-state index contributed by atoms with van der Waals surface area (Å²) in [5.41, 5.74) is 5.21. The van der Waals surface area contributed by atoms with E-state index in [1.807, 2.05) is 31.2 Å². The number of hydrogen-bond acceptors (Lipinski definition) is 2. The molecule has 0 N–H and O–H groups in total. The van der Waals surface area contributed by atoms with Crippen LogP contribution in [0.25, 0.3) is 16.7 Å². The Bertz CT molecular complexity index is 598. The van der Waals surface area contributed by atoms with E-state index < -0.39 is 0 Å². The van der Waals surface area contributed by atoms with Crippen LogP contribution in [0.15, 0.2) is 40.3 Å². The minimum absolute atomic E-state index is 0.689. The molecular weight excluding hydrogens is 210 g/mol. The normalized spacial score (nSPS) is 11.9. The van der Waals surface area contributed by atoms with Gasteiger partial charge in [0.05, 0.1) is 0 Å². The van der Waals surface area contributed by atoms with Crippen LogP contribution < -0.4 is 0 Å². The van der Waals surface area contributed by atoms with E-state index in [4.69, 9.17) is 4.42 Å².